The first kappa shape index (κ1) is 14.8. The molecule has 4 heteroatoms. The Hall–Kier alpha value is -0.610. The smallest absolute Gasteiger partial charge is 0.311 e. The number of hydrogen-bond donors (Lipinski definition) is 1. The third-order valence-electron chi connectivity index (χ3n) is 5.05. The summed E-state index contributed by atoms with van der Waals surface area (Å²) >= 11 is 0. The van der Waals surface area contributed by atoms with Gasteiger partial charge in [0.15, 0.2) is 0 Å². The Morgan fingerprint density at radius 3 is 2.58 bits per heavy atom. The van der Waals surface area contributed by atoms with Crippen LogP contribution in [0.3, 0.4) is 0 Å². The highest BCUT2D eigenvalue weighted by Gasteiger charge is 2.49. The fourth-order valence-electron chi connectivity index (χ4n) is 3.58. The molecular formula is C15H27NO3. The van der Waals surface area contributed by atoms with Crippen molar-refractivity contribution in [3.05, 3.63) is 0 Å². The van der Waals surface area contributed by atoms with Crippen LogP contribution in [0, 0.1) is 11.3 Å². The molecule has 0 spiro atoms. The van der Waals surface area contributed by atoms with Gasteiger partial charge in [-0.25, -0.2) is 0 Å². The van der Waals surface area contributed by atoms with Gasteiger partial charge >= 0.3 is 5.97 Å². The zero-order valence-corrected chi connectivity index (χ0v) is 12.6. The van der Waals surface area contributed by atoms with E-state index < -0.39 is 11.4 Å². The summed E-state index contributed by atoms with van der Waals surface area (Å²) in [5.41, 5.74) is -0.627. The lowest BCUT2D eigenvalue weighted by Gasteiger charge is -2.40. The predicted octanol–water partition coefficient (Wildman–Crippen LogP) is 2.38. The summed E-state index contributed by atoms with van der Waals surface area (Å²) in [7, 11) is 0. The molecule has 0 aromatic rings. The Labute approximate surface area is 116 Å². The highest BCUT2D eigenvalue weighted by Crippen LogP contribution is 2.41. The first-order chi connectivity index (χ1) is 8.77. The van der Waals surface area contributed by atoms with Crippen LogP contribution in [0.5, 0.6) is 0 Å². The van der Waals surface area contributed by atoms with Crippen molar-refractivity contribution < 1.29 is 14.6 Å². The van der Waals surface area contributed by atoms with Crippen molar-refractivity contribution in [2.24, 2.45) is 11.3 Å². The standard InChI is InChI=1S/C15H27NO3/c1-11(2)15(13(17)18)6-7-16(10-15)12-5-8-19-14(3,4)9-12/h11-12H,5-10H2,1-4H3,(H,17,18). The molecule has 2 saturated heterocycles. The van der Waals surface area contributed by atoms with Gasteiger partial charge in [0.2, 0.25) is 0 Å². The fourth-order valence-corrected chi connectivity index (χ4v) is 3.58. The van der Waals surface area contributed by atoms with Crippen molar-refractivity contribution in [2.75, 3.05) is 19.7 Å². The lowest BCUT2D eigenvalue weighted by Crippen LogP contribution is -2.47. The zero-order chi connectivity index (χ0) is 14.3. The second-order valence-electron chi connectivity index (χ2n) is 7.09. The van der Waals surface area contributed by atoms with Crippen LogP contribution in [0.1, 0.15) is 47.0 Å². The van der Waals surface area contributed by atoms with Crippen LogP contribution in [-0.4, -0.2) is 47.3 Å². The largest absolute Gasteiger partial charge is 0.481 e. The van der Waals surface area contributed by atoms with Gasteiger partial charge in [-0.2, -0.15) is 0 Å². The maximum absolute atomic E-state index is 11.7. The van der Waals surface area contributed by atoms with Gasteiger partial charge in [-0.05, 0) is 45.6 Å². The summed E-state index contributed by atoms with van der Waals surface area (Å²) in [6.07, 6.45) is 2.80. The molecule has 0 aromatic heterocycles. The number of carboxylic acid groups (broad SMARTS) is 1. The van der Waals surface area contributed by atoms with Crippen LogP contribution >= 0.6 is 0 Å². The van der Waals surface area contributed by atoms with Gasteiger partial charge in [-0.1, -0.05) is 13.8 Å². The number of aliphatic carboxylic acids is 1. The Kier molecular flexibility index (Phi) is 3.94. The summed E-state index contributed by atoms with van der Waals surface area (Å²) in [5, 5.41) is 9.60. The minimum absolute atomic E-state index is 0.0742. The quantitative estimate of drug-likeness (QED) is 0.854. The first-order valence-corrected chi connectivity index (χ1v) is 7.38. The van der Waals surface area contributed by atoms with Crippen molar-refractivity contribution in [1.29, 1.82) is 0 Å². The summed E-state index contributed by atoms with van der Waals surface area (Å²) in [4.78, 5) is 14.1. The first-order valence-electron chi connectivity index (χ1n) is 7.38. The van der Waals surface area contributed by atoms with Gasteiger partial charge in [0.05, 0.1) is 11.0 Å². The third-order valence-corrected chi connectivity index (χ3v) is 5.05. The Bertz CT molecular complexity index is 353. The Morgan fingerprint density at radius 2 is 2.11 bits per heavy atom. The summed E-state index contributed by atoms with van der Waals surface area (Å²) in [5.74, 6) is -0.445. The number of carbonyl (C=O) groups is 1. The van der Waals surface area contributed by atoms with Gasteiger partial charge < -0.3 is 9.84 Å². The summed E-state index contributed by atoms with van der Waals surface area (Å²) < 4.78 is 5.76. The van der Waals surface area contributed by atoms with Crippen LogP contribution in [-0.2, 0) is 9.53 Å². The maximum Gasteiger partial charge on any atom is 0.311 e. The molecule has 19 heavy (non-hydrogen) atoms. The highest BCUT2D eigenvalue weighted by molar-refractivity contribution is 5.75. The third kappa shape index (κ3) is 2.79. The van der Waals surface area contributed by atoms with Gasteiger partial charge in [-0.3, -0.25) is 9.69 Å². The molecule has 2 atom stereocenters. The number of likely N-dealkylation sites (tertiary alicyclic amines) is 1. The van der Waals surface area contributed by atoms with E-state index in [1.165, 1.54) is 0 Å². The Morgan fingerprint density at radius 1 is 1.42 bits per heavy atom. The topological polar surface area (TPSA) is 49.8 Å². The average molecular weight is 269 g/mol. The molecule has 2 aliphatic rings. The van der Waals surface area contributed by atoms with Crippen LogP contribution < -0.4 is 0 Å². The second kappa shape index (κ2) is 5.06. The van der Waals surface area contributed by atoms with Crippen molar-refractivity contribution in [2.45, 2.75) is 58.6 Å². The molecule has 2 heterocycles. The lowest BCUT2D eigenvalue weighted by molar-refractivity contribution is -0.151. The van der Waals surface area contributed by atoms with E-state index >= 15 is 0 Å². The van der Waals surface area contributed by atoms with Crippen LogP contribution in [0.25, 0.3) is 0 Å². The van der Waals surface area contributed by atoms with E-state index in [0.29, 0.717) is 12.6 Å². The molecule has 110 valence electrons. The van der Waals surface area contributed by atoms with E-state index in [4.69, 9.17) is 4.74 Å². The van der Waals surface area contributed by atoms with Gasteiger partial charge in [0.25, 0.3) is 0 Å². The number of nitrogens with zero attached hydrogens (tertiary/aromatic N) is 1. The number of ether oxygens (including phenoxy) is 1. The number of hydrogen-bond acceptors (Lipinski definition) is 3. The molecule has 0 aromatic carbocycles. The molecule has 2 aliphatic heterocycles. The van der Waals surface area contributed by atoms with Gasteiger partial charge in [0.1, 0.15) is 0 Å². The van der Waals surface area contributed by atoms with Crippen molar-refractivity contribution >= 4 is 5.97 Å². The molecule has 0 amide bonds. The molecule has 0 bridgehead atoms. The normalized spacial score (nSPS) is 35.7. The maximum atomic E-state index is 11.7. The SMILES string of the molecule is CC(C)C1(C(=O)O)CCN(C2CCOC(C)(C)C2)C1. The number of rotatable bonds is 3. The lowest BCUT2D eigenvalue weighted by atomic mass is 9.76. The van der Waals surface area contributed by atoms with E-state index in [1.807, 2.05) is 13.8 Å². The molecule has 2 rings (SSSR count). The second-order valence-corrected chi connectivity index (χ2v) is 7.09. The van der Waals surface area contributed by atoms with E-state index in [2.05, 4.69) is 18.7 Å². The van der Waals surface area contributed by atoms with E-state index in [9.17, 15) is 9.90 Å². The van der Waals surface area contributed by atoms with E-state index in [0.717, 1.165) is 32.4 Å². The van der Waals surface area contributed by atoms with Gasteiger partial charge in [0, 0.05) is 19.2 Å². The molecular weight excluding hydrogens is 242 g/mol. The number of carboxylic acids is 1. The molecule has 0 saturated carbocycles. The average Bonchev–Trinajstić information content (AvgIpc) is 2.73. The molecule has 0 radical (unpaired) electrons. The van der Waals surface area contributed by atoms with Crippen molar-refractivity contribution in [1.82, 2.24) is 4.90 Å². The molecule has 4 nitrogen and oxygen atoms in total. The van der Waals surface area contributed by atoms with Crippen LogP contribution in [0.4, 0.5) is 0 Å². The van der Waals surface area contributed by atoms with E-state index in [1.54, 1.807) is 0 Å². The molecule has 2 fully saturated rings. The minimum Gasteiger partial charge on any atom is -0.481 e. The van der Waals surface area contributed by atoms with Crippen molar-refractivity contribution in [3.63, 3.8) is 0 Å². The van der Waals surface area contributed by atoms with Crippen molar-refractivity contribution in [3.8, 4) is 0 Å². The van der Waals surface area contributed by atoms with Gasteiger partial charge in [-0.15, -0.1) is 0 Å². The summed E-state index contributed by atoms with van der Waals surface area (Å²) in [6, 6.07) is 0.476. The van der Waals surface area contributed by atoms with E-state index in [-0.39, 0.29) is 11.5 Å². The highest BCUT2D eigenvalue weighted by atomic mass is 16.5. The monoisotopic (exact) mass is 269 g/mol. The molecule has 1 N–H and O–H groups in total. The van der Waals surface area contributed by atoms with Crippen LogP contribution in [0.15, 0.2) is 0 Å². The van der Waals surface area contributed by atoms with Crippen LogP contribution in [0.2, 0.25) is 0 Å². The predicted molar refractivity (Wildman–Crippen MR) is 74.1 cm³/mol. The molecule has 2 unspecified atom stereocenters. The zero-order valence-electron chi connectivity index (χ0n) is 12.6. The fraction of sp³-hybridized carbons (Fsp3) is 0.933. The molecule has 0 aliphatic carbocycles. The summed E-state index contributed by atoms with van der Waals surface area (Å²) in [6.45, 7) is 10.7. The Balaban J connectivity index is 2.07. The minimum atomic E-state index is -0.628.